The maximum absolute atomic E-state index is 9.92. The lowest BCUT2D eigenvalue weighted by atomic mass is 10.6. The van der Waals surface area contributed by atoms with Gasteiger partial charge in [0.15, 0.2) is 0 Å². The van der Waals surface area contributed by atoms with Crippen molar-refractivity contribution >= 4 is 16.9 Å². The number of hydrogen-bond donors (Lipinski definition) is 1. The molecular weight excluding hydrogens is 148 g/mol. The molecule has 0 aromatic heterocycles. The maximum Gasteiger partial charge on any atom is 0.379 e. The summed E-state index contributed by atoms with van der Waals surface area (Å²) in [4.78, 5) is 9.92. The summed E-state index contributed by atoms with van der Waals surface area (Å²) < 4.78 is 0. The summed E-state index contributed by atoms with van der Waals surface area (Å²) in [6.07, 6.45) is 4.89. The molecule has 1 radical (unpaired) electrons. The highest BCUT2D eigenvalue weighted by molar-refractivity contribution is 8.24. The first-order chi connectivity index (χ1) is 4.79. The smallest absolute Gasteiger partial charge is 0.242 e. The van der Waals surface area contributed by atoms with Gasteiger partial charge in [0.25, 0.3) is 0 Å². The van der Waals surface area contributed by atoms with Gasteiger partial charge < -0.3 is 0 Å². The molecule has 0 fully saturated rings. The Morgan fingerprint density at radius 3 is 2.40 bits per heavy atom. The fraction of sp³-hybridized carbons (Fsp3) is 0. The molecule has 0 aromatic carbocycles. The highest BCUT2D eigenvalue weighted by Crippen LogP contribution is 2.33. The van der Waals surface area contributed by atoms with Crippen molar-refractivity contribution < 1.29 is 9.90 Å². The largest absolute Gasteiger partial charge is 0.379 e. The van der Waals surface area contributed by atoms with Crippen LogP contribution < -0.4 is 0 Å². The zero-order valence-electron chi connectivity index (χ0n) is 5.23. The van der Waals surface area contributed by atoms with Gasteiger partial charge >= 0.3 is 5.97 Å². The van der Waals surface area contributed by atoms with Crippen LogP contribution in [0.25, 0.3) is 0 Å². The molecule has 0 aliphatic carbocycles. The van der Waals surface area contributed by atoms with E-state index in [0.29, 0.717) is 0 Å². The molecule has 10 heavy (non-hydrogen) atoms. The summed E-state index contributed by atoms with van der Waals surface area (Å²) >= 11 is 0. The van der Waals surface area contributed by atoms with Crippen LogP contribution in [0.2, 0.25) is 0 Å². The van der Waals surface area contributed by atoms with E-state index in [2.05, 4.69) is 0 Å². The number of hydrogen-bond acceptors (Lipinski definition) is 1. The van der Waals surface area contributed by atoms with Gasteiger partial charge in [0.05, 0.1) is 0 Å². The first-order valence-electron chi connectivity index (χ1n) is 2.80. The molecule has 1 heterocycles. The molecule has 0 saturated carbocycles. The predicted octanol–water partition coefficient (Wildman–Crippen LogP) is 1.50. The van der Waals surface area contributed by atoms with Gasteiger partial charge in [0.2, 0.25) is 0 Å². The molecule has 1 aliphatic rings. The second-order valence-electron chi connectivity index (χ2n) is 1.77. The summed E-state index contributed by atoms with van der Waals surface area (Å²) in [7, 11) is -0.440. The Hall–Kier alpha value is -0.960. The molecule has 0 unspecified atom stereocenters. The Bertz CT molecular complexity index is 204. The monoisotopic (exact) mass is 155 g/mol. The van der Waals surface area contributed by atoms with Gasteiger partial charge in [0.1, 0.15) is 0 Å². The van der Waals surface area contributed by atoms with Crippen LogP contribution in [0, 0.1) is 0 Å². The van der Waals surface area contributed by atoms with Crippen LogP contribution in [0.5, 0.6) is 0 Å². The van der Waals surface area contributed by atoms with Crippen molar-refractivity contribution in [2.45, 2.75) is 0 Å². The Morgan fingerprint density at radius 1 is 1.30 bits per heavy atom. The van der Waals surface area contributed by atoms with E-state index in [-0.39, 0.29) is 0 Å². The van der Waals surface area contributed by atoms with Gasteiger partial charge in [-0.2, -0.15) is 10.9 Å². The second-order valence-corrected chi connectivity index (χ2v) is 3.55. The van der Waals surface area contributed by atoms with Crippen molar-refractivity contribution in [2.75, 3.05) is 0 Å². The van der Waals surface area contributed by atoms with Crippen LogP contribution in [0.4, 0.5) is 0 Å². The Balaban J connectivity index is 2.46. The Kier molecular flexibility index (Phi) is 2.34. The molecular formula is C7H7O2S. The summed E-state index contributed by atoms with van der Waals surface area (Å²) in [5.74, 6) is -1.13. The van der Waals surface area contributed by atoms with E-state index in [0.717, 1.165) is 6.08 Å². The molecule has 0 spiro atoms. The maximum atomic E-state index is 9.92. The fourth-order valence-corrected chi connectivity index (χ4v) is 1.78. The SMILES string of the molecule is [O]C(=O)C=C[SH]1C=CC=C1. The average Bonchev–Trinajstić information content (AvgIpc) is 2.34. The fourth-order valence-electron chi connectivity index (χ4n) is 0.594. The summed E-state index contributed by atoms with van der Waals surface area (Å²) in [5, 5.41) is 15.5. The number of carbonyl (C=O) groups excluding carboxylic acids is 1. The van der Waals surface area contributed by atoms with Gasteiger partial charge in [-0.3, -0.25) is 0 Å². The van der Waals surface area contributed by atoms with Crippen LogP contribution in [-0.2, 0) is 9.90 Å². The Morgan fingerprint density at radius 2 is 1.90 bits per heavy atom. The minimum atomic E-state index is -1.13. The third kappa shape index (κ3) is 2.11. The van der Waals surface area contributed by atoms with E-state index in [9.17, 15) is 9.90 Å². The minimum absolute atomic E-state index is 0.440. The standard InChI is InChI=1S/C7H7O2S/c8-7(9)3-6-10-4-1-2-5-10/h1-6,10H. The molecule has 0 atom stereocenters. The summed E-state index contributed by atoms with van der Waals surface area (Å²) in [6.45, 7) is 0. The number of rotatable bonds is 2. The summed E-state index contributed by atoms with van der Waals surface area (Å²) in [5.41, 5.74) is 0. The topological polar surface area (TPSA) is 37.0 Å². The molecule has 2 nitrogen and oxygen atoms in total. The van der Waals surface area contributed by atoms with Gasteiger partial charge in [-0.15, -0.1) is 0 Å². The van der Waals surface area contributed by atoms with E-state index < -0.39 is 16.9 Å². The van der Waals surface area contributed by atoms with Gasteiger partial charge in [-0.05, 0) is 16.2 Å². The lowest BCUT2D eigenvalue weighted by Crippen LogP contribution is -1.81. The molecule has 0 bridgehead atoms. The van der Waals surface area contributed by atoms with Crippen molar-refractivity contribution in [3.8, 4) is 0 Å². The highest BCUT2D eigenvalue weighted by atomic mass is 32.2. The number of allylic oxidation sites excluding steroid dienone is 2. The van der Waals surface area contributed by atoms with Crippen LogP contribution >= 0.6 is 10.9 Å². The number of thiol groups is 1. The first kappa shape index (κ1) is 7.15. The van der Waals surface area contributed by atoms with Gasteiger partial charge in [-0.25, -0.2) is 9.90 Å². The molecule has 1 rings (SSSR count). The quantitative estimate of drug-likeness (QED) is 0.476. The third-order valence-corrected chi connectivity index (χ3v) is 2.54. The van der Waals surface area contributed by atoms with Gasteiger partial charge in [-0.1, -0.05) is 12.2 Å². The Labute approximate surface area is 61.9 Å². The second kappa shape index (κ2) is 3.27. The van der Waals surface area contributed by atoms with Crippen LogP contribution in [0.3, 0.4) is 0 Å². The van der Waals surface area contributed by atoms with Crippen molar-refractivity contribution in [1.82, 2.24) is 0 Å². The van der Waals surface area contributed by atoms with Crippen molar-refractivity contribution in [3.05, 3.63) is 34.5 Å². The molecule has 1 aliphatic heterocycles. The molecule has 0 amide bonds. The molecule has 3 heteroatoms. The van der Waals surface area contributed by atoms with Crippen LogP contribution in [0.15, 0.2) is 34.5 Å². The van der Waals surface area contributed by atoms with E-state index in [1.54, 1.807) is 5.41 Å². The van der Waals surface area contributed by atoms with Crippen molar-refractivity contribution in [2.24, 2.45) is 0 Å². The van der Waals surface area contributed by atoms with Crippen molar-refractivity contribution in [3.63, 3.8) is 0 Å². The molecule has 0 saturated heterocycles. The zero-order valence-corrected chi connectivity index (χ0v) is 6.12. The lowest BCUT2D eigenvalue weighted by Gasteiger charge is -1.97. The zero-order chi connectivity index (χ0) is 7.40. The lowest BCUT2D eigenvalue weighted by molar-refractivity contribution is -0.137. The first-order valence-corrected chi connectivity index (χ1v) is 4.35. The number of carbonyl (C=O) groups is 1. The predicted molar refractivity (Wildman–Crippen MR) is 42.1 cm³/mol. The van der Waals surface area contributed by atoms with E-state index in [4.69, 9.17) is 0 Å². The molecule has 0 N–H and O–H groups in total. The van der Waals surface area contributed by atoms with E-state index >= 15 is 0 Å². The van der Waals surface area contributed by atoms with Crippen LogP contribution in [0.1, 0.15) is 0 Å². The van der Waals surface area contributed by atoms with Crippen LogP contribution in [-0.4, -0.2) is 5.97 Å². The normalized spacial score (nSPS) is 19.0. The minimum Gasteiger partial charge on any atom is -0.242 e. The van der Waals surface area contributed by atoms with E-state index in [1.807, 2.05) is 23.0 Å². The van der Waals surface area contributed by atoms with Gasteiger partial charge in [0, 0.05) is 6.08 Å². The summed E-state index contributed by atoms with van der Waals surface area (Å²) in [6, 6.07) is 0. The van der Waals surface area contributed by atoms with Crippen molar-refractivity contribution in [1.29, 1.82) is 0 Å². The average molecular weight is 155 g/mol. The molecule has 53 valence electrons. The highest BCUT2D eigenvalue weighted by Gasteiger charge is 1.94. The molecule has 0 aromatic rings. The van der Waals surface area contributed by atoms with E-state index in [1.165, 1.54) is 0 Å². The third-order valence-electron chi connectivity index (χ3n) is 1.01.